The van der Waals surface area contributed by atoms with E-state index >= 15 is 0 Å². The van der Waals surface area contributed by atoms with Crippen molar-refractivity contribution in [2.24, 2.45) is 4.99 Å². The zero-order valence-corrected chi connectivity index (χ0v) is 17.0. The van der Waals surface area contributed by atoms with Gasteiger partial charge in [0.05, 0.1) is 26.9 Å². The Morgan fingerprint density at radius 2 is 1.59 bits per heavy atom. The molecule has 0 aliphatic carbocycles. The van der Waals surface area contributed by atoms with Crippen molar-refractivity contribution in [3.63, 3.8) is 0 Å². The fourth-order valence-corrected chi connectivity index (χ4v) is 3.17. The number of carbonyl (C=O) groups is 1. The van der Waals surface area contributed by atoms with Gasteiger partial charge in [-0.1, -0.05) is 48.0 Å². The lowest BCUT2D eigenvalue weighted by atomic mass is 9.94. The molecule has 0 atom stereocenters. The second kappa shape index (κ2) is 8.91. The summed E-state index contributed by atoms with van der Waals surface area (Å²) in [6.07, 6.45) is 0.495. The number of rotatable bonds is 8. The molecule has 0 spiro atoms. The van der Waals surface area contributed by atoms with Crippen molar-refractivity contribution in [3.8, 4) is 17.2 Å². The number of aliphatic imine (C=N–C) groups is 1. The standard InChI is InChI=1S/C21H24ClNO4/c1-21(2,23-20(22)17(24)14-9-7-6-8-10-14)13-15-11-12-16(25-3)19(27-5)18(15)26-4/h6-12H,13H2,1-5H3. The normalized spacial score (nSPS) is 11.9. The molecule has 0 saturated heterocycles. The van der Waals surface area contributed by atoms with E-state index in [2.05, 4.69) is 4.99 Å². The number of methoxy groups -OCH3 is 3. The monoisotopic (exact) mass is 389 g/mol. The Labute approximate surface area is 164 Å². The molecular weight excluding hydrogens is 366 g/mol. The summed E-state index contributed by atoms with van der Waals surface area (Å²) in [6.45, 7) is 3.81. The lowest BCUT2D eigenvalue weighted by Crippen LogP contribution is -2.24. The Balaban J connectivity index is 2.31. The van der Waals surface area contributed by atoms with Crippen LogP contribution in [0.4, 0.5) is 0 Å². The molecule has 0 aromatic heterocycles. The van der Waals surface area contributed by atoms with Crippen molar-refractivity contribution < 1.29 is 19.0 Å². The van der Waals surface area contributed by atoms with E-state index in [4.69, 9.17) is 25.8 Å². The molecule has 0 aliphatic rings. The summed E-state index contributed by atoms with van der Waals surface area (Å²) in [6, 6.07) is 12.6. The molecule has 144 valence electrons. The highest BCUT2D eigenvalue weighted by Gasteiger charge is 2.25. The number of ketones is 1. The number of carbonyl (C=O) groups excluding carboxylic acids is 1. The van der Waals surface area contributed by atoms with Crippen LogP contribution >= 0.6 is 11.6 Å². The Morgan fingerprint density at radius 3 is 2.15 bits per heavy atom. The molecule has 0 N–H and O–H groups in total. The van der Waals surface area contributed by atoms with E-state index in [1.54, 1.807) is 45.6 Å². The minimum Gasteiger partial charge on any atom is -0.493 e. The molecule has 27 heavy (non-hydrogen) atoms. The zero-order chi connectivity index (χ0) is 20.0. The SMILES string of the molecule is COc1ccc(CC(C)(C)N=C(Cl)C(=O)c2ccccc2)c(OC)c1OC. The van der Waals surface area contributed by atoms with Crippen LogP contribution in [0.3, 0.4) is 0 Å². The largest absolute Gasteiger partial charge is 0.493 e. The number of Topliss-reactive ketones (excluding diaryl/α,β-unsaturated/α-hetero) is 1. The highest BCUT2D eigenvalue weighted by Crippen LogP contribution is 2.41. The molecule has 0 bridgehead atoms. The van der Waals surface area contributed by atoms with Crippen LogP contribution in [-0.4, -0.2) is 37.8 Å². The van der Waals surface area contributed by atoms with E-state index in [-0.39, 0.29) is 11.0 Å². The van der Waals surface area contributed by atoms with E-state index in [1.807, 2.05) is 32.0 Å². The van der Waals surface area contributed by atoms with Crippen LogP contribution < -0.4 is 14.2 Å². The number of hydrogen-bond acceptors (Lipinski definition) is 5. The van der Waals surface area contributed by atoms with E-state index in [1.165, 1.54) is 0 Å². The number of nitrogens with zero attached hydrogens (tertiary/aromatic N) is 1. The molecule has 0 heterocycles. The Bertz CT molecular complexity index is 832. The average molecular weight is 390 g/mol. The second-order valence-corrected chi connectivity index (χ2v) is 6.94. The Hall–Kier alpha value is -2.53. The molecule has 2 aromatic rings. The average Bonchev–Trinajstić information content (AvgIpc) is 2.66. The highest BCUT2D eigenvalue weighted by molar-refractivity contribution is 6.85. The maximum Gasteiger partial charge on any atom is 0.222 e. The number of benzene rings is 2. The van der Waals surface area contributed by atoms with E-state index < -0.39 is 5.54 Å². The zero-order valence-electron chi connectivity index (χ0n) is 16.2. The third-order valence-corrected chi connectivity index (χ3v) is 4.29. The second-order valence-electron chi connectivity index (χ2n) is 6.58. The molecule has 0 saturated carbocycles. The first-order valence-electron chi connectivity index (χ1n) is 8.46. The first-order valence-corrected chi connectivity index (χ1v) is 8.83. The maximum absolute atomic E-state index is 12.5. The molecule has 5 nitrogen and oxygen atoms in total. The first-order chi connectivity index (χ1) is 12.8. The summed E-state index contributed by atoms with van der Waals surface area (Å²) in [4.78, 5) is 16.9. The lowest BCUT2D eigenvalue weighted by molar-refractivity contribution is 0.106. The molecule has 2 aromatic carbocycles. The molecule has 6 heteroatoms. The van der Waals surface area contributed by atoms with Crippen LogP contribution in [-0.2, 0) is 6.42 Å². The van der Waals surface area contributed by atoms with Gasteiger partial charge in [0, 0.05) is 17.5 Å². The van der Waals surface area contributed by atoms with Crippen molar-refractivity contribution in [2.75, 3.05) is 21.3 Å². The predicted molar refractivity (Wildman–Crippen MR) is 108 cm³/mol. The third-order valence-electron chi connectivity index (χ3n) is 4.03. The van der Waals surface area contributed by atoms with Crippen LogP contribution in [0.5, 0.6) is 17.2 Å². The van der Waals surface area contributed by atoms with Gasteiger partial charge in [0.25, 0.3) is 0 Å². The minimum atomic E-state index is -0.631. The van der Waals surface area contributed by atoms with Crippen molar-refractivity contribution in [2.45, 2.75) is 25.8 Å². The van der Waals surface area contributed by atoms with Crippen LogP contribution in [0.15, 0.2) is 47.5 Å². The summed E-state index contributed by atoms with van der Waals surface area (Å²) in [5.41, 5.74) is 0.750. The molecule has 0 aliphatic heterocycles. The van der Waals surface area contributed by atoms with Crippen molar-refractivity contribution in [3.05, 3.63) is 53.6 Å². The van der Waals surface area contributed by atoms with Crippen LogP contribution in [0.1, 0.15) is 29.8 Å². The third kappa shape index (κ3) is 5.01. The van der Waals surface area contributed by atoms with Gasteiger partial charge in [-0.15, -0.1) is 0 Å². The smallest absolute Gasteiger partial charge is 0.222 e. The van der Waals surface area contributed by atoms with Gasteiger partial charge in [0.2, 0.25) is 11.5 Å². The summed E-state index contributed by atoms with van der Waals surface area (Å²) < 4.78 is 16.3. The van der Waals surface area contributed by atoms with Gasteiger partial charge in [-0.2, -0.15) is 0 Å². The number of hydrogen-bond donors (Lipinski definition) is 0. The summed E-state index contributed by atoms with van der Waals surface area (Å²) in [5, 5.41) is -0.0503. The molecule has 0 radical (unpaired) electrons. The van der Waals surface area contributed by atoms with Crippen LogP contribution in [0.25, 0.3) is 0 Å². The van der Waals surface area contributed by atoms with Gasteiger partial charge in [-0.3, -0.25) is 9.79 Å². The van der Waals surface area contributed by atoms with Gasteiger partial charge in [0.15, 0.2) is 16.7 Å². The van der Waals surface area contributed by atoms with Crippen LogP contribution in [0.2, 0.25) is 0 Å². The van der Waals surface area contributed by atoms with Gasteiger partial charge in [-0.25, -0.2) is 0 Å². The predicted octanol–water partition coefficient (Wildman–Crippen LogP) is 4.55. The van der Waals surface area contributed by atoms with Crippen LogP contribution in [0, 0.1) is 0 Å². The summed E-state index contributed by atoms with van der Waals surface area (Å²) in [5.74, 6) is 1.37. The molecule has 0 fully saturated rings. The number of halogens is 1. The maximum atomic E-state index is 12.5. The molecule has 0 amide bonds. The quantitative estimate of drug-likeness (QED) is 0.490. The molecular formula is C21H24ClNO4. The fraction of sp³-hybridized carbons (Fsp3) is 0.333. The fourth-order valence-electron chi connectivity index (χ4n) is 2.83. The van der Waals surface area contributed by atoms with Gasteiger partial charge >= 0.3 is 0 Å². The molecule has 2 rings (SSSR count). The topological polar surface area (TPSA) is 57.1 Å². The Kier molecular flexibility index (Phi) is 6.86. The van der Waals surface area contributed by atoms with E-state index in [0.29, 0.717) is 29.2 Å². The minimum absolute atomic E-state index is 0.0503. The van der Waals surface area contributed by atoms with E-state index in [0.717, 1.165) is 5.56 Å². The van der Waals surface area contributed by atoms with Gasteiger partial charge in [0.1, 0.15) is 0 Å². The highest BCUT2D eigenvalue weighted by atomic mass is 35.5. The van der Waals surface area contributed by atoms with Gasteiger partial charge in [-0.05, 0) is 19.9 Å². The summed E-state index contributed by atoms with van der Waals surface area (Å²) in [7, 11) is 4.70. The van der Waals surface area contributed by atoms with Gasteiger partial charge < -0.3 is 14.2 Å². The molecule has 0 unspecified atom stereocenters. The first kappa shape index (κ1) is 20.8. The van der Waals surface area contributed by atoms with Crippen molar-refractivity contribution >= 4 is 22.6 Å². The number of ether oxygens (including phenoxy) is 3. The summed E-state index contributed by atoms with van der Waals surface area (Å²) >= 11 is 6.22. The van der Waals surface area contributed by atoms with Crippen molar-refractivity contribution in [1.82, 2.24) is 0 Å². The van der Waals surface area contributed by atoms with E-state index in [9.17, 15) is 4.79 Å². The Morgan fingerprint density at radius 1 is 0.963 bits per heavy atom. The lowest BCUT2D eigenvalue weighted by Gasteiger charge is -2.23. The van der Waals surface area contributed by atoms with Crippen molar-refractivity contribution in [1.29, 1.82) is 0 Å².